The molecule has 0 aliphatic carbocycles. The first-order valence-corrected chi connectivity index (χ1v) is 8.51. The van der Waals surface area contributed by atoms with Crippen molar-refractivity contribution in [2.45, 2.75) is 6.61 Å². The third-order valence-electron chi connectivity index (χ3n) is 4.02. The van der Waals surface area contributed by atoms with E-state index in [9.17, 15) is 0 Å². The molecular weight excluding hydrogens is 322 g/mol. The molecule has 4 heteroatoms. The van der Waals surface area contributed by atoms with Crippen LogP contribution in [0.5, 0.6) is 5.75 Å². The lowest BCUT2D eigenvalue weighted by molar-refractivity contribution is 0.306. The molecule has 0 bridgehead atoms. The van der Waals surface area contributed by atoms with Crippen LogP contribution in [-0.2, 0) is 6.61 Å². The predicted octanol–water partition coefficient (Wildman–Crippen LogP) is 5.40. The predicted molar refractivity (Wildman–Crippen MR) is 105 cm³/mol. The average molecular weight is 341 g/mol. The number of nitrogens with one attached hydrogen (secondary N) is 2. The molecule has 0 unspecified atom stereocenters. The lowest BCUT2D eigenvalue weighted by atomic mass is 10.1. The SMILES string of the molecule is c1ccc(COc2cccc(Nc3cc(-c4ccccc4)[nH]n3)c2)cc1. The second kappa shape index (κ2) is 7.57. The Bertz CT molecular complexity index is 965. The molecule has 0 radical (unpaired) electrons. The topological polar surface area (TPSA) is 49.9 Å². The largest absolute Gasteiger partial charge is 0.489 e. The van der Waals surface area contributed by atoms with E-state index in [4.69, 9.17) is 4.74 Å². The molecule has 128 valence electrons. The normalized spacial score (nSPS) is 10.5. The van der Waals surface area contributed by atoms with Crippen LogP contribution in [0.4, 0.5) is 11.5 Å². The van der Waals surface area contributed by atoms with Crippen molar-refractivity contribution < 1.29 is 4.74 Å². The van der Waals surface area contributed by atoms with Crippen LogP contribution in [0.1, 0.15) is 5.56 Å². The van der Waals surface area contributed by atoms with Crippen LogP contribution in [0.2, 0.25) is 0 Å². The van der Waals surface area contributed by atoms with Crippen molar-refractivity contribution in [2.24, 2.45) is 0 Å². The quantitative estimate of drug-likeness (QED) is 0.494. The Hall–Kier alpha value is -3.53. The minimum absolute atomic E-state index is 0.546. The second-order valence-electron chi connectivity index (χ2n) is 5.96. The van der Waals surface area contributed by atoms with Gasteiger partial charge in [-0.15, -0.1) is 0 Å². The first-order chi connectivity index (χ1) is 12.9. The van der Waals surface area contributed by atoms with Crippen LogP contribution in [0.3, 0.4) is 0 Å². The van der Waals surface area contributed by atoms with Crippen molar-refractivity contribution in [2.75, 3.05) is 5.32 Å². The molecule has 3 aromatic carbocycles. The number of ether oxygens (including phenoxy) is 1. The summed E-state index contributed by atoms with van der Waals surface area (Å²) in [5.41, 5.74) is 4.16. The Morgan fingerprint density at radius 2 is 1.58 bits per heavy atom. The monoisotopic (exact) mass is 341 g/mol. The van der Waals surface area contributed by atoms with Crippen molar-refractivity contribution in [3.63, 3.8) is 0 Å². The smallest absolute Gasteiger partial charge is 0.152 e. The Morgan fingerprint density at radius 3 is 2.38 bits per heavy atom. The molecule has 0 amide bonds. The number of H-pyrrole nitrogens is 1. The van der Waals surface area contributed by atoms with Crippen molar-refractivity contribution in [1.29, 1.82) is 0 Å². The molecule has 26 heavy (non-hydrogen) atoms. The number of hydrogen-bond donors (Lipinski definition) is 2. The second-order valence-corrected chi connectivity index (χ2v) is 5.96. The van der Waals surface area contributed by atoms with E-state index >= 15 is 0 Å². The molecule has 1 heterocycles. The number of aromatic amines is 1. The highest BCUT2D eigenvalue weighted by molar-refractivity contribution is 5.66. The summed E-state index contributed by atoms with van der Waals surface area (Å²) in [6, 6.07) is 30.1. The van der Waals surface area contributed by atoms with Crippen LogP contribution >= 0.6 is 0 Å². The molecule has 0 fully saturated rings. The van der Waals surface area contributed by atoms with Gasteiger partial charge in [-0.05, 0) is 23.3 Å². The molecule has 0 saturated heterocycles. The van der Waals surface area contributed by atoms with Gasteiger partial charge in [-0.1, -0.05) is 66.7 Å². The highest BCUT2D eigenvalue weighted by Crippen LogP contribution is 2.24. The zero-order chi connectivity index (χ0) is 17.6. The summed E-state index contributed by atoms with van der Waals surface area (Å²) >= 11 is 0. The summed E-state index contributed by atoms with van der Waals surface area (Å²) in [6.07, 6.45) is 0. The molecule has 0 saturated carbocycles. The first kappa shape index (κ1) is 16.0. The minimum Gasteiger partial charge on any atom is -0.489 e. The van der Waals surface area contributed by atoms with Gasteiger partial charge in [-0.3, -0.25) is 5.10 Å². The average Bonchev–Trinajstić information content (AvgIpc) is 3.17. The summed E-state index contributed by atoms with van der Waals surface area (Å²) in [5.74, 6) is 1.58. The van der Waals surface area contributed by atoms with Crippen molar-refractivity contribution in [3.05, 3.63) is 96.6 Å². The van der Waals surface area contributed by atoms with Gasteiger partial charge < -0.3 is 10.1 Å². The zero-order valence-electron chi connectivity index (χ0n) is 14.2. The first-order valence-electron chi connectivity index (χ1n) is 8.51. The Balaban J connectivity index is 1.43. The van der Waals surface area contributed by atoms with Crippen molar-refractivity contribution >= 4 is 11.5 Å². The highest BCUT2D eigenvalue weighted by atomic mass is 16.5. The van der Waals surface area contributed by atoms with E-state index in [-0.39, 0.29) is 0 Å². The fraction of sp³-hybridized carbons (Fsp3) is 0.0455. The van der Waals surface area contributed by atoms with E-state index in [2.05, 4.69) is 39.8 Å². The Morgan fingerprint density at radius 1 is 0.808 bits per heavy atom. The summed E-state index contributed by atoms with van der Waals surface area (Å²) in [6.45, 7) is 0.546. The molecular formula is C22H19N3O. The van der Waals surface area contributed by atoms with Gasteiger partial charge in [-0.2, -0.15) is 5.10 Å². The molecule has 0 atom stereocenters. The molecule has 4 aromatic rings. The van der Waals surface area contributed by atoms with Crippen LogP contribution < -0.4 is 10.1 Å². The maximum atomic E-state index is 5.88. The number of anilines is 2. The van der Waals surface area contributed by atoms with E-state index in [0.717, 1.165) is 34.1 Å². The van der Waals surface area contributed by atoms with E-state index in [1.54, 1.807) is 0 Å². The Labute approximate surface area is 152 Å². The molecule has 0 spiro atoms. The highest BCUT2D eigenvalue weighted by Gasteiger charge is 2.04. The summed E-state index contributed by atoms with van der Waals surface area (Å²) in [4.78, 5) is 0. The van der Waals surface area contributed by atoms with Crippen LogP contribution in [-0.4, -0.2) is 10.2 Å². The fourth-order valence-corrected chi connectivity index (χ4v) is 2.70. The van der Waals surface area contributed by atoms with Gasteiger partial charge in [0.25, 0.3) is 0 Å². The standard InChI is InChI=1S/C22H19N3O/c1-3-8-17(9-4-1)16-26-20-13-7-12-19(14-20)23-22-15-21(24-25-22)18-10-5-2-6-11-18/h1-15H,16H2,(H2,23,24,25). The van der Waals surface area contributed by atoms with Gasteiger partial charge in [0, 0.05) is 17.8 Å². The molecule has 1 aromatic heterocycles. The van der Waals surface area contributed by atoms with Crippen LogP contribution in [0.25, 0.3) is 11.3 Å². The number of nitrogens with zero attached hydrogens (tertiary/aromatic N) is 1. The van der Waals surface area contributed by atoms with E-state index in [0.29, 0.717) is 6.61 Å². The lowest BCUT2D eigenvalue weighted by Crippen LogP contribution is -1.96. The van der Waals surface area contributed by atoms with Gasteiger partial charge in [0.1, 0.15) is 12.4 Å². The minimum atomic E-state index is 0.546. The van der Waals surface area contributed by atoms with Crippen LogP contribution in [0, 0.1) is 0 Å². The van der Waals surface area contributed by atoms with Crippen LogP contribution in [0.15, 0.2) is 91.0 Å². The fourth-order valence-electron chi connectivity index (χ4n) is 2.70. The van der Waals surface area contributed by atoms with E-state index in [1.165, 1.54) is 0 Å². The number of aromatic nitrogens is 2. The number of hydrogen-bond acceptors (Lipinski definition) is 3. The Kier molecular flexibility index (Phi) is 4.65. The summed E-state index contributed by atoms with van der Waals surface area (Å²) in [5, 5.41) is 10.7. The molecule has 0 aliphatic rings. The van der Waals surface area contributed by atoms with Gasteiger partial charge in [-0.25, -0.2) is 0 Å². The van der Waals surface area contributed by atoms with Crippen molar-refractivity contribution in [1.82, 2.24) is 10.2 Å². The summed E-state index contributed by atoms with van der Waals surface area (Å²) < 4.78 is 5.88. The van der Waals surface area contributed by atoms with E-state index < -0.39 is 0 Å². The van der Waals surface area contributed by atoms with Gasteiger partial charge in [0.2, 0.25) is 0 Å². The molecule has 4 rings (SSSR count). The van der Waals surface area contributed by atoms with E-state index in [1.807, 2.05) is 66.7 Å². The third-order valence-corrected chi connectivity index (χ3v) is 4.02. The number of benzene rings is 3. The molecule has 2 N–H and O–H groups in total. The van der Waals surface area contributed by atoms with Gasteiger partial charge >= 0.3 is 0 Å². The zero-order valence-corrected chi connectivity index (χ0v) is 14.2. The third kappa shape index (κ3) is 3.92. The molecule has 4 nitrogen and oxygen atoms in total. The maximum Gasteiger partial charge on any atom is 0.152 e. The van der Waals surface area contributed by atoms with Crippen molar-refractivity contribution in [3.8, 4) is 17.0 Å². The lowest BCUT2D eigenvalue weighted by Gasteiger charge is -2.08. The molecule has 0 aliphatic heterocycles. The maximum absolute atomic E-state index is 5.88. The van der Waals surface area contributed by atoms with Gasteiger partial charge in [0.05, 0.1) is 5.69 Å². The number of rotatable bonds is 6. The summed E-state index contributed by atoms with van der Waals surface area (Å²) in [7, 11) is 0. The van der Waals surface area contributed by atoms with Gasteiger partial charge in [0.15, 0.2) is 5.82 Å².